The molecule has 2 aromatic rings. The Kier molecular flexibility index (Phi) is 2.74. The minimum Gasteiger partial charge on any atom is -0.382 e. The van der Waals surface area contributed by atoms with Gasteiger partial charge in [0.2, 0.25) is 0 Å². The van der Waals surface area contributed by atoms with Gasteiger partial charge in [0.1, 0.15) is 11.9 Å². The number of hydrogen-bond acceptors (Lipinski definition) is 2. The summed E-state index contributed by atoms with van der Waals surface area (Å²) >= 11 is 0. The van der Waals surface area contributed by atoms with E-state index in [1.165, 1.54) is 12.1 Å². The number of aliphatic hydroxyl groups is 1. The van der Waals surface area contributed by atoms with E-state index in [4.69, 9.17) is 0 Å². The van der Waals surface area contributed by atoms with Crippen LogP contribution in [0.4, 0.5) is 4.39 Å². The molecule has 76 valence electrons. The summed E-state index contributed by atoms with van der Waals surface area (Å²) in [6.07, 6.45) is 0.299. The van der Waals surface area contributed by atoms with Gasteiger partial charge in [-0.05, 0) is 17.7 Å². The van der Waals surface area contributed by atoms with Crippen molar-refractivity contribution in [1.29, 1.82) is 0 Å². The van der Waals surface area contributed by atoms with Gasteiger partial charge in [-0.1, -0.05) is 30.3 Å². The summed E-state index contributed by atoms with van der Waals surface area (Å²) in [6, 6.07) is 11.9. The summed E-state index contributed by atoms with van der Waals surface area (Å²) in [5.41, 5.74) is 1.19. The summed E-state index contributed by atoms with van der Waals surface area (Å²) in [7, 11) is 0. The van der Waals surface area contributed by atoms with Gasteiger partial charge >= 0.3 is 0 Å². The van der Waals surface area contributed by atoms with E-state index in [1.54, 1.807) is 12.1 Å². The zero-order valence-electron chi connectivity index (χ0n) is 7.97. The molecule has 2 rings (SSSR count). The summed E-state index contributed by atoms with van der Waals surface area (Å²) in [4.78, 5) is 3.83. The predicted molar refractivity (Wildman–Crippen MR) is 54.7 cm³/mol. The minimum absolute atomic E-state index is 0.404. The second kappa shape index (κ2) is 4.19. The molecule has 0 bridgehead atoms. The average molecular weight is 203 g/mol. The van der Waals surface area contributed by atoms with Crippen molar-refractivity contribution in [1.82, 2.24) is 4.98 Å². The number of hydrogen-bond donors (Lipinski definition) is 1. The Morgan fingerprint density at radius 3 is 2.40 bits per heavy atom. The van der Waals surface area contributed by atoms with Crippen molar-refractivity contribution in [2.75, 3.05) is 0 Å². The normalized spacial score (nSPS) is 12.4. The maximum Gasteiger partial charge on any atom is 0.141 e. The highest BCUT2D eigenvalue weighted by molar-refractivity contribution is 5.25. The van der Waals surface area contributed by atoms with Gasteiger partial charge in [0.05, 0.1) is 11.9 Å². The Balaban J connectivity index is 2.29. The molecule has 3 heteroatoms. The molecule has 0 saturated carbocycles. The number of rotatable bonds is 2. The number of aromatic nitrogens is 1. The van der Waals surface area contributed by atoms with E-state index in [9.17, 15) is 9.50 Å². The van der Waals surface area contributed by atoms with Crippen LogP contribution >= 0.6 is 0 Å². The second-order valence-electron chi connectivity index (χ2n) is 3.21. The third-order valence-electron chi connectivity index (χ3n) is 2.15. The lowest BCUT2D eigenvalue weighted by Crippen LogP contribution is -2.01. The van der Waals surface area contributed by atoms with Crippen LogP contribution < -0.4 is 0 Å². The Morgan fingerprint density at radius 1 is 1.07 bits per heavy atom. The van der Waals surface area contributed by atoms with Gasteiger partial charge in [0.25, 0.3) is 0 Å². The largest absolute Gasteiger partial charge is 0.382 e. The molecule has 1 heterocycles. The van der Waals surface area contributed by atoms with E-state index in [2.05, 4.69) is 4.98 Å². The van der Waals surface area contributed by atoms with Crippen LogP contribution in [0.1, 0.15) is 17.4 Å². The summed E-state index contributed by atoms with van der Waals surface area (Å²) in [6.45, 7) is 0. The summed E-state index contributed by atoms with van der Waals surface area (Å²) < 4.78 is 12.6. The minimum atomic E-state index is -0.799. The molecule has 1 aromatic carbocycles. The van der Waals surface area contributed by atoms with Crippen LogP contribution in [0, 0.1) is 5.82 Å². The zero-order chi connectivity index (χ0) is 10.7. The van der Waals surface area contributed by atoms with Crippen molar-refractivity contribution in [3.63, 3.8) is 0 Å². The lowest BCUT2D eigenvalue weighted by Gasteiger charge is -2.09. The van der Waals surface area contributed by atoms with E-state index < -0.39 is 11.9 Å². The van der Waals surface area contributed by atoms with E-state index in [1.807, 2.05) is 18.2 Å². The SMILES string of the molecule is OC(c1ccccc1)c1ccc(F)cn1. The molecule has 2 nitrogen and oxygen atoms in total. The third kappa shape index (κ3) is 2.19. The van der Waals surface area contributed by atoms with E-state index in [0.717, 1.165) is 11.8 Å². The molecule has 0 radical (unpaired) electrons. The van der Waals surface area contributed by atoms with Crippen molar-refractivity contribution in [3.8, 4) is 0 Å². The fourth-order valence-corrected chi connectivity index (χ4v) is 1.36. The quantitative estimate of drug-likeness (QED) is 0.812. The first-order valence-corrected chi connectivity index (χ1v) is 4.62. The topological polar surface area (TPSA) is 33.1 Å². The van der Waals surface area contributed by atoms with Gasteiger partial charge in [0, 0.05) is 0 Å². The Bertz CT molecular complexity index is 427. The molecule has 0 amide bonds. The number of benzene rings is 1. The van der Waals surface area contributed by atoms with Crippen LogP contribution in [0.15, 0.2) is 48.7 Å². The van der Waals surface area contributed by atoms with Crippen LogP contribution in [0.5, 0.6) is 0 Å². The van der Waals surface area contributed by atoms with E-state index in [-0.39, 0.29) is 0 Å². The molecular weight excluding hydrogens is 193 g/mol. The average Bonchev–Trinajstić information content (AvgIpc) is 2.30. The first kappa shape index (κ1) is 9.80. The lowest BCUT2D eigenvalue weighted by atomic mass is 10.1. The summed E-state index contributed by atoms with van der Waals surface area (Å²) in [5, 5.41) is 9.90. The van der Waals surface area contributed by atoms with Crippen molar-refractivity contribution < 1.29 is 9.50 Å². The highest BCUT2D eigenvalue weighted by Gasteiger charge is 2.10. The Hall–Kier alpha value is -1.74. The number of nitrogens with zero attached hydrogens (tertiary/aromatic N) is 1. The van der Waals surface area contributed by atoms with Gasteiger partial charge in [0.15, 0.2) is 0 Å². The van der Waals surface area contributed by atoms with Gasteiger partial charge in [-0.2, -0.15) is 0 Å². The first-order chi connectivity index (χ1) is 7.27. The monoisotopic (exact) mass is 203 g/mol. The lowest BCUT2D eigenvalue weighted by molar-refractivity contribution is 0.215. The van der Waals surface area contributed by atoms with Crippen LogP contribution in [0.3, 0.4) is 0 Å². The molecule has 0 fully saturated rings. The van der Waals surface area contributed by atoms with Gasteiger partial charge in [-0.25, -0.2) is 4.39 Å². The van der Waals surface area contributed by atoms with E-state index >= 15 is 0 Å². The fraction of sp³-hybridized carbons (Fsp3) is 0.0833. The smallest absolute Gasteiger partial charge is 0.141 e. The predicted octanol–water partition coefficient (Wildman–Crippen LogP) is 2.30. The molecular formula is C12H10FNO. The highest BCUT2D eigenvalue weighted by atomic mass is 19.1. The molecule has 15 heavy (non-hydrogen) atoms. The summed E-state index contributed by atoms with van der Waals surface area (Å²) in [5.74, 6) is -0.404. The molecule has 1 aromatic heterocycles. The second-order valence-corrected chi connectivity index (χ2v) is 3.21. The molecule has 0 aliphatic heterocycles. The Morgan fingerprint density at radius 2 is 1.80 bits per heavy atom. The number of pyridine rings is 1. The molecule has 0 aliphatic carbocycles. The standard InChI is InChI=1S/C12H10FNO/c13-10-6-7-11(14-8-10)12(15)9-4-2-1-3-5-9/h1-8,12,15H. The van der Waals surface area contributed by atoms with Crippen LogP contribution in [0.25, 0.3) is 0 Å². The zero-order valence-corrected chi connectivity index (χ0v) is 7.97. The van der Waals surface area contributed by atoms with Crippen LogP contribution in [-0.2, 0) is 0 Å². The van der Waals surface area contributed by atoms with Crippen molar-refractivity contribution in [2.24, 2.45) is 0 Å². The first-order valence-electron chi connectivity index (χ1n) is 4.62. The number of halogens is 1. The molecule has 1 atom stereocenters. The van der Waals surface area contributed by atoms with Crippen LogP contribution in [0.2, 0.25) is 0 Å². The van der Waals surface area contributed by atoms with Gasteiger partial charge in [-0.15, -0.1) is 0 Å². The molecule has 0 aliphatic rings. The van der Waals surface area contributed by atoms with Gasteiger partial charge in [-0.3, -0.25) is 4.98 Å². The number of aliphatic hydroxyl groups excluding tert-OH is 1. The molecule has 1 unspecified atom stereocenters. The van der Waals surface area contributed by atoms with Crippen molar-refractivity contribution in [2.45, 2.75) is 6.10 Å². The maximum atomic E-state index is 12.6. The maximum absolute atomic E-state index is 12.6. The molecule has 1 N–H and O–H groups in total. The third-order valence-corrected chi connectivity index (χ3v) is 2.15. The van der Waals surface area contributed by atoms with Crippen molar-refractivity contribution in [3.05, 3.63) is 65.7 Å². The van der Waals surface area contributed by atoms with E-state index in [0.29, 0.717) is 5.69 Å². The van der Waals surface area contributed by atoms with Gasteiger partial charge < -0.3 is 5.11 Å². The molecule has 0 spiro atoms. The fourth-order valence-electron chi connectivity index (χ4n) is 1.36. The van der Waals surface area contributed by atoms with Crippen LogP contribution in [-0.4, -0.2) is 10.1 Å². The highest BCUT2D eigenvalue weighted by Crippen LogP contribution is 2.19. The molecule has 0 saturated heterocycles. The Labute approximate surface area is 87.0 Å². The van der Waals surface area contributed by atoms with Crippen molar-refractivity contribution >= 4 is 0 Å².